The van der Waals surface area contributed by atoms with Crippen molar-refractivity contribution in [3.63, 3.8) is 0 Å². The molecule has 3 heterocycles. The molecule has 0 radical (unpaired) electrons. The maximum absolute atomic E-state index is 4.57. The van der Waals surface area contributed by atoms with Gasteiger partial charge in [0.1, 0.15) is 17.0 Å². The summed E-state index contributed by atoms with van der Waals surface area (Å²) in [6.07, 6.45) is 5.30. The first kappa shape index (κ1) is 13.8. The molecule has 2 aromatic heterocycles. The van der Waals surface area contributed by atoms with Crippen molar-refractivity contribution in [2.24, 2.45) is 0 Å². The van der Waals surface area contributed by atoms with Gasteiger partial charge in [-0.15, -0.1) is 11.3 Å². The second-order valence-electron chi connectivity index (χ2n) is 5.69. The van der Waals surface area contributed by atoms with Gasteiger partial charge >= 0.3 is 0 Å². The molecule has 0 bridgehead atoms. The Bertz CT molecular complexity index is 593. The summed E-state index contributed by atoms with van der Waals surface area (Å²) in [7, 11) is 4.34. The monoisotopic (exact) mass is 290 g/mol. The van der Waals surface area contributed by atoms with E-state index in [0.29, 0.717) is 6.04 Å². The number of likely N-dealkylation sites (N-methyl/N-ethyl adjacent to an activating group) is 1. The largest absolute Gasteiger partial charge is 0.354 e. The van der Waals surface area contributed by atoms with Crippen LogP contribution in [0.1, 0.15) is 24.6 Å². The van der Waals surface area contributed by atoms with E-state index in [1.165, 1.54) is 23.1 Å². The van der Waals surface area contributed by atoms with E-state index in [1.807, 2.05) is 0 Å². The summed E-state index contributed by atoms with van der Waals surface area (Å²) < 4.78 is 0. The van der Waals surface area contributed by atoms with Crippen LogP contribution < -0.4 is 4.90 Å². The molecule has 0 N–H and O–H groups in total. The smallest absolute Gasteiger partial charge is 0.140 e. The number of hydrogen-bond donors (Lipinski definition) is 0. The first-order valence-corrected chi connectivity index (χ1v) is 8.15. The Kier molecular flexibility index (Phi) is 3.89. The Balaban J connectivity index is 1.94. The Morgan fingerprint density at radius 2 is 2.25 bits per heavy atom. The van der Waals surface area contributed by atoms with Gasteiger partial charge in [0.2, 0.25) is 0 Å². The number of fused-ring (bicyclic) bond motifs is 1. The molecule has 1 atom stereocenters. The third-order valence-electron chi connectivity index (χ3n) is 4.13. The number of anilines is 1. The maximum Gasteiger partial charge on any atom is 0.140 e. The van der Waals surface area contributed by atoms with Gasteiger partial charge in [-0.2, -0.15) is 0 Å². The lowest BCUT2D eigenvalue weighted by atomic mass is 10.0. The predicted molar refractivity (Wildman–Crippen MR) is 85.7 cm³/mol. The summed E-state index contributed by atoms with van der Waals surface area (Å²) in [5.74, 6) is 1.12. The first-order chi connectivity index (χ1) is 9.69. The van der Waals surface area contributed by atoms with Crippen LogP contribution in [0.5, 0.6) is 0 Å². The average molecular weight is 290 g/mol. The molecule has 1 unspecified atom stereocenters. The Morgan fingerprint density at radius 3 is 3.00 bits per heavy atom. The van der Waals surface area contributed by atoms with Crippen LogP contribution in [0.15, 0.2) is 12.4 Å². The quantitative estimate of drug-likeness (QED) is 0.870. The molecule has 0 saturated carbocycles. The second kappa shape index (κ2) is 5.66. The van der Waals surface area contributed by atoms with Crippen LogP contribution in [-0.4, -0.2) is 48.1 Å². The number of thiophene rings is 1. The summed E-state index contributed by atoms with van der Waals surface area (Å²) in [5.41, 5.74) is 0. The van der Waals surface area contributed by atoms with E-state index in [-0.39, 0.29) is 0 Å². The highest BCUT2D eigenvalue weighted by Crippen LogP contribution is 2.32. The molecule has 1 aliphatic heterocycles. The Hall–Kier alpha value is -1.20. The minimum atomic E-state index is 0.623. The molecule has 4 nitrogen and oxygen atoms in total. The van der Waals surface area contributed by atoms with Crippen molar-refractivity contribution < 1.29 is 0 Å². The molecule has 108 valence electrons. The molecule has 3 rings (SSSR count). The minimum absolute atomic E-state index is 0.623. The zero-order valence-corrected chi connectivity index (χ0v) is 13.3. The van der Waals surface area contributed by atoms with E-state index in [9.17, 15) is 0 Å². The highest BCUT2D eigenvalue weighted by Gasteiger charge is 2.24. The van der Waals surface area contributed by atoms with Gasteiger partial charge in [-0.05, 0) is 39.4 Å². The summed E-state index contributed by atoms with van der Waals surface area (Å²) in [4.78, 5) is 16.3. The summed E-state index contributed by atoms with van der Waals surface area (Å²) >= 11 is 1.79. The van der Waals surface area contributed by atoms with Gasteiger partial charge in [-0.3, -0.25) is 0 Å². The fraction of sp³-hybridized carbons (Fsp3) is 0.600. The highest BCUT2D eigenvalue weighted by atomic mass is 32.1. The van der Waals surface area contributed by atoms with E-state index >= 15 is 0 Å². The number of nitrogens with zero attached hydrogens (tertiary/aromatic N) is 4. The molecule has 2 aromatic rings. The lowest BCUT2D eigenvalue weighted by Crippen LogP contribution is -2.45. The molecule has 0 amide bonds. The molecular formula is C15H22N4S. The third kappa shape index (κ3) is 2.52. The molecule has 1 saturated heterocycles. The van der Waals surface area contributed by atoms with Gasteiger partial charge in [0, 0.05) is 24.0 Å². The van der Waals surface area contributed by atoms with E-state index < -0.39 is 0 Å². The van der Waals surface area contributed by atoms with Crippen LogP contribution in [0.4, 0.5) is 5.82 Å². The zero-order chi connectivity index (χ0) is 14.1. The van der Waals surface area contributed by atoms with Crippen LogP contribution in [0.2, 0.25) is 0 Å². The van der Waals surface area contributed by atoms with Crippen LogP contribution in [0.25, 0.3) is 10.2 Å². The van der Waals surface area contributed by atoms with E-state index in [2.05, 4.69) is 46.9 Å². The summed E-state index contributed by atoms with van der Waals surface area (Å²) in [6, 6.07) is 2.90. The number of aromatic nitrogens is 2. The van der Waals surface area contributed by atoms with Crippen molar-refractivity contribution >= 4 is 27.4 Å². The zero-order valence-electron chi connectivity index (χ0n) is 12.5. The van der Waals surface area contributed by atoms with E-state index in [1.54, 1.807) is 17.7 Å². The highest BCUT2D eigenvalue weighted by molar-refractivity contribution is 7.18. The average Bonchev–Trinajstić information content (AvgIpc) is 2.90. The number of rotatable bonds is 3. The predicted octanol–water partition coefficient (Wildman–Crippen LogP) is 2.78. The molecule has 1 fully saturated rings. The van der Waals surface area contributed by atoms with Crippen molar-refractivity contribution in [2.75, 3.05) is 32.1 Å². The fourth-order valence-electron chi connectivity index (χ4n) is 2.89. The lowest BCUT2D eigenvalue weighted by molar-refractivity contribution is 0.257. The molecule has 1 aliphatic rings. The third-order valence-corrected chi connectivity index (χ3v) is 5.32. The van der Waals surface area contributed by atoms with Gasteiger partial charge in [0.25, 0.3) is 0 Å². The van der Waals surface area contributed by atoms with Crippen molar-refractivity contribution in [2.45, 2.75) is 32.2 Å². The van der Waals surface area contributed by atoms with Crippen LogP contribution in [0, 0.1) is 0 Å². The van der Waals surface area contributed by atoms with Crippen molar-refractivity contribution in [3.05, 3.63) is 17.3 Å². The van der Waals surface area contributed by atoms with Crippen LogP contribution in [-0.2, 0) is 6.42 Å². The molecule has 20 heavy (non-hydrogen) atoms. The standard InChI is InChI=1S/C15H22N4S/c1-4-12-8-13-14(16-10-17-15(13)20-12)19-7-5-6-11(9-19)18(2)3/h8,10-11H,4-7,9H2,1-3H3. The molecule has 0 spiro atoms. The number of hydrogen-bond acceptors (Lipinski definition) is 5. The van der Waals surface area contributed by atoms with Gasteiger partial charge in [-0.25, -0.2) is 9.97 Å². The molecule has 0 aromatic carbocycles. The second-order valence-corrected chi connectivity index (χ2v) is 6.80. The summed E-state index contributed by atoms with van der Waals surface area (Å²) in [5, 5.41) is 1.23. The Morgan fingerprint density at radius 1 is 1.40 bits per heavy atom. The topological polar surface area (TPSA) is 32.3 Å². The van der Waals surface area contributed by atoms with Crippen molar-refractivity contribution in [1.29, 1.82) is 0 Å². The van der Waals surface area contributed by atoms with Gasteiger partial charge < -0.3 is 9.80 Å². The first-order valence-electron chi connectivity index (χ1n) is 7.34. The van der Waals surface area contributed by atoms with Gasteiger partial charge in [-0.1, -0.05) is 6.92 Å². The molecule has 5 heteroatoms. The minimum Gasteiger partial charge on any atom is -0.354 e. The number of piperidine rings is 1. The van der Waals surface area contributed by atoms with Gasteiger partial charge in [0.05, 0.1) is 5.39 Å². The van der Waals surface area contributed by atoms with E-state index in [0.717, 1.165) is 30.2 Å². The Labute approximate surface area is 124 Å². The number of aryl methyl sites for hydroxylation is 1. The fourth-order valence-corrected chi connectivity index (χ4v) is 3.82. The summed E-state index contributed by atoms with van der Waals surface area (Å²) in [6.45, 7) is 4.37. The molecular weight excluding hydrogens is 268 g/mol. The van der Waals surface area contributed by atoms with Gasteiger partial charge in [0.15, 0.2) is 0 Å². The van der Waals surface area contributed by atoms with Crippen molar-refractivity contribution in [3.8, 4) is 0 Å². The normalized spacial score (nSPS) is 20.0. The van der Waals surface area contributed by atoms with Crippen LogP contribution in [0.3, 0.4) is 0 Å². The van der Waals surface area contributed by atoms with E-state index in [4.69, 9.17) is 0 Å². The lowest BCUT2D eigenvalue weighted by Gasteiger charge is -2.36. The van der Waals surface area contributed by atoms with Crippen molar-refractivity contribution in [1.82, 2.24) is 14.9 Å². The SMILES string of the molecule is CCc1cc2c(N3CCCC(N(C)C)C3)ncnc2s1. The maximum atomic E-state index is 4.57. The molecule has 0 aliphatic carbocycles. The van der Waals surface area contributed by atoms with Crippen LogP contribution >= 0.6 is 11.3 Å².